The lowest BCUT2D eigenvalue weighted by Gasteiger charge is -2.15. The number of anilines is 2. The summed E-state index contributed by atoms with van der Waals surface area (Å²) >= 11 is 3.27. The lowest BCUT2D eigenvalue weighted by Crippen LogP contribution is -2.17. The van der Waals surface area contributed by atoms with Gasteiger partial charge in [0.2, 0.25) is 0 Å². The van der Waals surface area contributed by atoms with Crippen LogP contribution in [0.3, 0.4) is 0 Å². The third-order valence-corrected chi connectivity index (χ3v) is 6.63. The summed E-state index contributed by atoms with van der Waals surface area (Å²) in [4.78, 5) is 12.0. The number of aromatic nitrogens is 2. The van der Waals surface area contributed by atoms with Crippen LogP contribution in [-0.2, 0) is 0 Å². The lowest BCUT2D eigenvalue weighted by atomic mass is 10.2. The van der Waals surface area contributed by atoms with E-state index in [0.717, 1.165) is 39.5 Å². The molecule has 6 nitrogen and oxygen atoms in total. The van der Waals surface area contributed by atoms with Gasteiger partial charge in [-0.1, -0.05) is 0 Å². The highest BCUT2D eigenvalue weighted by Crippen LogP contribution is 2.39. The fourth-order valence-electron chi connectivity index (χ4n) is 2.91. The standard InChI is InChI=1S/C21H28FN5OS2/c1-13(2)28-17-11-15(22)7-8-16(17)26-19-18-14(3)21(29-20(18)24-12-23-19)30-25-9-6-10-27(4)5/h7-8,11-13,25H,6,9-10H2,1-5H3,(H,23,24,26). The molecule has 0 unspecified atom stereocenters. The van der Waals surface area contributed by atoms with E-state index in [-0.39, 0.29) is 11.9 Å². The molecule has 162 valence electrons. The minimum Gasteiger partial charge on any atom is -0.489 e. The van der Waals surface area contributed by atoms with E-state index >= 15 is 0 Å². The number of aryl methyl sites for hydroxylation is 1. The molecule has 0 spiro atoms. The Hall–Kier alpha value is -1.94. The van der Waals surface area contributed by atoms with Gasteiger partial charge in [0.15, 0.2) is 0 Å². The molecule has 0 aliphatic rings. The maximum atomic E-state index is 13.7. The van der Waals surface area contributed by atoms with Crippen LogP contribution in [0.4, 0.5) is 15.9 Å². The van der Waals surface area contributed by atoms with Gasteiger partial charge in [-0.25, -0.2) is 14.4 Å². The first-order valence-corrected chi connectivity index (χ1v) is 11.5. The number of rotatable bonds is 10. The molecule has 0 fully saturated rings. The van der Waals surface area contributed by atoms with E-state index < -0.39 is 0 Å². The highest BCUT2D eigenvalue weighted by molar-refractivity contribution is 7.99. The van der Waals surface area contributed by atoms with Gasteiger partial charge in [-0.05, 0) is 77.5 Å². The van der Waals surface area contributed by atoms with Gasteiger partial charge >= 0.3 is 0 Å². The maximum Gasteiger partial charge on any atom is 0.146 e. The van der Waals surface area contributed by atoms with Gasteiger partial charge in [-0.3, -0.25) is 4.72 Å². The fourth-order valence-corrected chi connectivity index (χ4v) is 5.00. The molecule has 2 heterocycles. The summed E-state index contributed by atoms with van der Waals surface area (Å²) in [7, 11) is 4.16. The van der Waals surface area contributed by atoms with Crippen LogP contribution in [-0.4, -0.2) is 48.2 Å². The zero-order valence-corrected chi connectivity index (χ0v) is 19.6. The van der Waals surface area contributed by atoms with Crippen molar-refractivity contribution in [2.75, 3.05) is 32.5 Å². The van der Waals surface area contributed by atoms with E-state index in [2.05, 4.69) is 45.9 Å². The fraction of sp³-hybridized carbons (Fsp3) is 0.429. The van der Waals surface area contributed by atoms with E-state index in [1.165, 1.54) is 12.1 Å². The van der Waals surface area contributed by atoms with Crippen molar-refractivity contribution in [3.05, 3.63) is 35.9 Å². The number of hydrogen-bond acceptors (Lipinski definition) is 8. The van der Waals surface area contributed by atoms with Crippen molar-refractivity contribution < 1.29 is 9.13 Å². The first-order valence-electron chi connectivity index (χ1n) is 9.87. The Balaban J connectivity index is 1.81. The number of benzene rings is 1. The first-order chi connectivity index (χ1) is 14.3. The summed E-state index contributed by atoms with van der Waals surface area (Å²) < 4.78 is 24.1. The van der Waals surface area contributed by atoms with E-state index in [9.17, 15) is 4.39 Å². The van der Waals surface area contributed by atoms with Crippen molar-refractivity contribution in [1.29, 1.82) is 0 Å². The van der Waals surface area contributed by atoms with E-state index in [4.69, 9.17) is 4.74 Å². The minimum absolute atomic E-state index is 0.0674. The second-order valence-electron chi connectivity index (χ2n) is 7.50. The molecule has 0 radical (unpaired) electrons. The minimum atomic E-state index is -0.338. The number of thiophene rings is 1. The highest BCUT2D eigenvalue weighted by Gasteiger charge is 2.17. The Bertz CT molecular complexity index is 993. The smallest absolute Gasteiger partial charge is 0.146 e. The van der Waals surface area contributed by atoms with Crippen LogP contribution in [0.15, 0.2) is 28.7 Å². The van der Waals surface area contributed by atoms with E-state index in [0.29, 0.717) is 17.3 Å². The van der Waals surface area contributed by atoms with Crippen LogP contribution in [0.5, 0.6) is 5.75 Å². The van der Waals surface area contributed by atoms with Crippen molar-refractivity contribution in [3.8, 4) is 5.75 Å². The molecule has 30 heavy (non-hydrogen) atoms. The summed E-state index contributed by atoms with van der Waals surface area (Å²) in [5.74, 6) is 0.810. The zero-order valence-electron chi connectivity index (χ0n) is 18.0. The molecule has 2 aromatic heterocycles. The first kappa shape index (κ1) is 22.7. The molecule has 9 heteroatoms. The van der Waals surface area contributed by atoms with Gasteiger partial charge in [0.25, 0.3) is 0 Å². The summed E-state index contributed by atoms with van der Waals surface area (Å²) in [6, 6.07) is 4.47. The molecular formula is C21H28FN5OS2. The van der Waals surface area contributed by atoms with Gasteiger partial charge in [0, 0.05) is 12.6 Å². The number of halogens is 1. The lowest BCUT2D eigenvalue weighted by molar-refractivity contribution is 0.243. The predicted octanol–water partition coefficient (Wildman–Crippen LogP) is 5.22. The van der Waals surface area contributed by atoms with Gasteiger partial charge in [-0.2, -0.15) is 0 Å². The highest BCUT2D eigenvalue weighted by atomic mass is 32.2. The molecule has 1 aromatic carbocycles. The second kappa shape index (κ2) is 10.4. The Morgan fingerprint density at radius 2 is 2.07 bits per heavy atom. The van der Waals surface area contributed by atoms with E-state index in [1.807, 2.05) is 13.8 Å². The Morgan fingerprint density at radius 1 is 1.27 bits per heavy atom. The Labute approximate surface area is 185 Å². The monoisotopic (exact) mass is 449 g/mol. The zero-order chi connectivity index (χ0) is 21.7. The summed E-state index contributed by atoms with van der Waals surface area (Å²) in [6.45, 7) is 7.88. The molecule has 3 aromatic rings. The Morgan fingerprint density at radius 3 is 2.80 bits per heavy atom. The third kappa shape index (κ3) is 5.81. The quantitative estimate of drug-likeness (QED) is 0.325. The Kier molecular flexibility index (Phi) is 7.87. The largest absolute Gasteiger partial charge is 0.489 e. The van der Waals surface area contributed by atoms with Crippen LogP contribution >= 0.6 is 23.3 Å². The topological polar surface area (TPSA) is 62.3 Å². The summed E-state index contributed by atoms with van der Waals surface area (Å²) in [5, 5.41) is 4.29. The normalized spacial score (nSPS) is 11.6. The number of ether oxygens (including phenoxy) is 1. The molecule has 0 aliphatic carbocycles. The number of nitrogens with one attached hydrogen (secondary N) is 2. The molecular weight excluding hydrogens is 421 g/mol. The van der Waals surface area contributed by atoms with Crippen molar-refractivity contribution in [3.63, 3.8) is 0 Å². The number of hydrogen-bond donors (Lipinski definition) is 2. The maximum absolute atomic E-state index is 13.7. The predicted molar refractivity (Wildman–Crippen MR) is 125 cm³/mol. The van der Waals surface area contributed by atoms with Crippen molar-refractivity contribution in [2.45, 2.75) is 37.5 Å². The third-order valence-electron chi connectivity index (χ3n) is 4.29. The van der Waals surface area contributed by atoms with Crippen LogP contribution in [0, 0.1) is 12.7 Å². The van der Waals surface area contributed by atoms with Gasteiger partial charge in [0.1, 0.15) is 28.5 Å². The second-order valence-corrected chi connectivity index (χ2v) is 9.66. The number of fused-ring (bicyclic) bond motifs is 1. The molecule has 0 amide bonds. The van der Waals surface area contributed by atoms with Gasteiger partial charge in [-0.15, -0.1) is 11.3 Å². The van der Waals surface area contributed by atoms with Crippen molar-refractivity contribution >= 4 is 45.0 Å². The molecule has 0 aliphatic heterocycles. The van der Waals surface area contributed by atoms with Gasteiger partial charge in [0.05, 0.1) is 21.4 Å². The van der Waals surface area contributed by atoms with Crippen LogP contribution in [0.1, 0.15) is 25.8 Å². The van der Waals surface area contributed by atoms with Gasteiger partial charge < -0.3 is 15.0 Å². The summed E-state index contributed by atoms with van der Waals surface area (Å²) in [5.41, 5.74) is 1.79. The molecule has 0 saturated carbocycles. The van der Waals surface area contributed by atoms with Crippen LogP contribution < -0.4 is 14.8 Å². The molecule has 2 N–H and O–H groups in total. The average Bonchev–Trinajstić information content (AvgIpc) is 3.00. The molecule has 0 saturated heterocycles. The molecule has 3 rings (SSSR count). The van der Waals surface area contributed by atoms with Crippen molar-refractivity contribution in [2.24, 2.45) is 0 Å². The van der Waals surface area contributed by atoms with Crippen molar-refractivity contribution in [1.82, 2.24) is 19.6 Å². The number of nitrogens with zero attached hydrogens (tertiary/aromatic N) is 3. The average molecular weight is 450 g/mol. The molecule has 0 atom stereocenters. The SMILES string of the molecule is Cc1c(SNCCCN(C)C)sc2ncnc(Nc3ccc(F)cc3OC(C)C)c12. The molecule has 0 bridgehead atoms. The van der Waals surface area contributed by atoms with Crippen LogP contribution in [0.25, 0.3) is 10.2 Å². The van der Waals surface area contributed by atoms with Crippen LogP contribution in [0.2, 0.25) is 0 Å². The van der Waals surface area contributed by atoms with E-state index in [1.54, 1.807) is 35.7 Å². The summed E-state index contributed by atoms with van der Waals surface area (Å²) in [6.07, 6.45) is 2.56.